The molecular weight excluding hydrogens is 325 g/mol. The van der Waals surface area contributed by atoms with Crippen molar-refractivity contribution in [2.24, 2.45) is 0 Å². The van der Waals surface area contributed by atoms with Gasteiger partial charge in [0.05, 0.1) is 16.9 Å². The lowest BCUT2D eigenvalue weighted by Crippen LogP contribution is -2.22. The summed E-state index contributed by atoms with van der Waals surface area (Å²) in [6.45, 7) is -1.23. The molecule has 0 atom stereocenters. The number of rotatable bonds is 5. The highest BCUT2D eigenvalue weighted by atomic mass is 19.4. The minimum Gasteiger partial charge on any atom is -0.478 e. The number of carboxylic acids is 1. The largest absolute Gasteiger partial charge is 0.478 e. The number of anilines is 2. The van der Waals surface area contributed by atoms with E-state index in [0.29, 0.717) is 0 Å². The molecule has 0 aliphatic heterocycles. The number of nitrogens with one attached hydrogen (secondary N) is 2. The monoisotopic (exact) mass is 338 g/mol. The van der Waals surface area contributed by atoms with E-state index in [-0.39, 0.29) is 22.5 Å². The first-order valence-corrected chi connectivity index (χ1v) is 6.80. The molecule has 24 heavy (non-hydrogen) atoms. The molecule has 126 valence electrons. The fraction of sp³-hybridized carbons (Fsp3) is 0.125. The van der Waals surface area contributed by atoms with Crippen molar-refractivity contribution < 1.29 is 27.9 Å². The van der Waals surface area contributed by atoms with Crippen LogP contribution >= 0.6 is 0 Å². The minimum absolute atomic E-state index is 0.0267. The number of aromatic carboxylic acids is 1. The third-order valence-corrected chi connectivity index (χ3v) is 3.05. The van der Waals surface area contributed by atoms with Crippen molar-refractivity contribution in [2.75, 3.05) is 17.2 Å². The Hall–Kier alpha value is -3.03. The van der Waals surface area contributed by atoms with Gasteiger partial charge in [-0.2, -0.15) is 13.2 Å². The molecule has 0 saturated carbocycles. The van der Waals surface area contributed by atoms with Crippen LogP contribution in [0.4, 0.5) is 24.5 Å². The number of halogens is 3. The Balaban J connectivity index is 2.12. The molecule has 0 bridgehead atoms. The van der Waals surface area contributed by atoms with Gasteiger partial charge in [-0.15, -0.1) is 0 Å². The number of hydrogen-bond acceptors (Lipinski definition) is 3. The molecule has 0 aliphatic carbocycles. The van der Waals surface area contributed by atoms with Crippen molar-refractivity contribution in [3.05, 3.63) is 59.7 Å². The summed E-state index contributed by atoms with van der Waals surface area (Å²) in [4.78, 5) is 22.9. The Bertz CT molecular complexity index is 743. The maximum Gasteiger partial charge on any atom is 0.405 e. The average Bonchev–Trinajstić information content (AvgIpc) is 2.53. The molecule has 0 saturated heterocycles. The molecule has 0 spiro atoms. The molecule has 5 nitrogen and oxygen atoms in total. The summed E-state index contributed by atoms with van der Waals surface area (Å²) in [5, 5.41) is 13.5. The molecule has 1 amide bonds. The van der Waals surface area contributed by atoms with E-state index < -0.39 is 24.6 Å². The molecule has 8 heteroatoms. The maximum absolute atomic E-state index is 12.3. The summed E-state index contributed by atoms with van der Waals surface area (Å²) >= 11 is 0. The van der Waals surface area contributed by atoms with Gasteiger partial charge in [-0.3, -0.25) is 4.79 Å². The molecule has 0 unspecified atom stereocenters. The van der Waals surface area contributed by atoms with Crippen LogP contribution < -0.4 is 10.6 Å². The Morgan fingerprint density at radius 1 is 0.917 bits per heavy atom. The van der Waals surface area contributed by atoms with Gasteiger partial charge in [0.25, 0.3) is 5.91 Å². The van der Waals surface area contributed by atoms with Crippen LogP contribution in [0.15, 0.2) is 48.5 Å². The lowest BCUT2D eigenvalue weighted by Gasteiger charge is -2.14. The quantitative estimate of drug-likeness (QED) is 0.778. The van der Waals surface area contributed by atoms with E-state index in [4.69, 9.17) is 5.11 Å². The number of para-hydroxylation sites is 2. The van der Waals surface area contributed by atoms with Crippen LogP contribution in [-0.2, 0) is 0 Å². The second kappa shape index (κ2) is 7.03. The van der Waals surface area contributed by atoms with Gasteiger partial charge in [-0.1, -0.05) is 12.1 Å². The summed E-state index contributed by atoms with van der Waals surface area (Å²) in [5.74, 6) is -1.68. The number of carbonyl (C=O) groups is 2. The molecule has 0 aromatic heterocycles. The Kier molecular flexibility index (Phi) is 5.08. The summed E-state index contributed by atoms with van der Waals surface area (Å²) in [7, 11) is 0. The van der Waals surface area contributed by atoms with E-state index in [1.807, 2.05) is 0 Å². The lowest BCUT2D eigenvalue weighted by molar-refractivity contribution is -0.115. The fourth-order valence-corrected chi connectivity index (χ4v) is 1.90. The summed E-state index contributed by atoms with van der Waals surface area (Å²) in [5.41, 5.74) is 0.531. The zero-order valence-electron chi connectivity index (χ0n) is 12.2. The number of benzene rings is 2. The number of alkyl halides is 3. The number of amides is 1. The topological polar surface area (TPSA) is 78.4 Å². The molecule has 2 aromatic carbocycles. The first-order chi connectivity index (χ1) is 11.3. The zero-order chi connectivity index (χ0) is 17.7. The van der Waals surface area contributed by atoms with E-state index in [1.54, 1.807) is 6.07 Å². The summed E-state index contributed by atoms with van der Waals surface area (Å²) < 4.78 is 36.9. The van der Waals surface area contributed by atoms with E-state index in [9.17, 15) is 22.8 Å². The fourth-order valence-electron chi connectivity index (χ4n) is 1.90. The Labute approximate surface area is 135 Å². The summed E-state index contributed by atoms with van der Waals surface area (Å²) in [6, 6.07) is 11.2. The number of carboxylic acid groups (broad SMARTS) is 1. The lowest BCUT2D eigenvalue weighted by atomic mass is 10.1. The Morgan fingerprint density at radius 2 is 1.46 bits per heavy atom. The Morgan fingerprint density at radius 3 is 2.00 bits per heavy atom. The molecule has 0 aliphatic rings. The molecule has 0 radical (unpaired) electrons. The first-order valence-electron chi connectivity index (χ1n) is 6.80. The van der Waals surface area contributed by atoms with Crippen molar-refractivity contribution in [1.82, 2.24) is 0 Å². The van der Waals surface area contributed by atoms with Crippen molar-refractivity contribution in [1.29, 1.82) is 0 Å². The SMILES string of the molecule is O=C(O)c1ccc(C(=O)Nc2ccccc2NCC(F)(F)F)cc1. The van der Waals surface area contributed by atoms with Crippen LogP contribution in [0.3, 0.4) is 0 Å². The van der Waals surface area contributed by atoms with E-state index >= 15 is 0 Å². The van der Waals surface area contributed by atoms with Gasteiger partial charge in [0.1, 0.15) is 6.54 Å². The van der Waals surface area contributed by atoms with Gasteiger partial charge < -0.3 is 15.7 Å². The van der Waals surface area contributed by atoms with E-state index in [1.165, 1.54) is 42.5 Å². The molecule has 2 rings (SSSR count). The van der Waals surface area contributed by atoms with Gasteiger partial charge in [-0.05, 0) is 36.4 Å². The van der Waals surface area contributed by atoms with Crippen molar-refractivity contribution in [3.63, 3.8) is 0 Å². The first kappa shape index (κ1) is 17.3. The highest BCUT2D eigenvalue weighted by Gasteiger charge is 2.27. The van der Waals surface area contributed by atoms with Crippen LogP contribution in [0.2, 0.25) is 0 Å². The standard InChI is InChI=1S/C16H13F3N2O3/c17-16(18,19)9-20-12-3-1-2-4-13(12)21-14(22)10-5-7-11(8-6-10)15(23)24/h1-8,20H,9H2,(H,21,22)(H,23,24). The van der Waals surface area contributed by atoms with Crippen molar-refractivity contribution in [2.45, 2.75) is 6.18 Å². The van der Waals surface area contributed by atoms with Gasteiger partial charge in [0.15, 0.2) is 0 Å². The zero-order valence-corrected chi connectivity index (χ0v) is 12.2. The molecule has 2 aromatic rings. The minimum atomic E-state index is -4.39. The van der Waals surface area contributed by atoms with Gasteiger partial charge in [-0.25, -0.2) is 4.79 Å². The normalized spacial score (nSPS) is 11.0. The summed E-state index contributed by atoms with van der Waals surface area (Å²) in [6.07, 6.45) is -4.39. The van der Waals surface area contributed by atoms with Gasteiger partial charge in [0, 0.05) is 5.56 Å². The van der Waals surface area contributed by atoms with Crippen LogP contribution in [0, 0.1) is 0 Å². The third-order valence-electron chi connectivity index (χ3n) is 3.05. The molecule has 0 fully saturated rings. The van der Waals surface area contributed by atoms with Crippen LogP contribution in [-0.4, -0.2) is 29.7 Å². The second-order valence-corrected chi connectivity index (χ2v) is 4.85. The van der Waals surface area contributed by atoms with Gasteiger partial charge in [0.2, 0.25) is 0 Å². The van der Waals surface area contributed by atoms with Gasteiger partial charge >= 0.3 is 12.1 Å². The molecular formula is C16H13F3N2O3. The maximum atomic E-state index is 12.3. The molecule has 3 N–H and O–H groups in total. The second-order valence-electron chi connectivity index (χ2n) is 4.85. The predicted octanol–water partition coefficient (Wildman–Crippen LogP) is 3.61. The van der Waals surface area contributed by atoms with Crippen LogP contribution in [0.5, 0.6) is 0 Å². The van der Waals surface area contributed by atoms with Crippen molar-refractivity contribution >= 4 is 23.3 Å². The highest BCUT2D eigenvalue weighted by Crippen LogP contribution is 2.24. The highest BCUT2D eigenvalue weighted by molar-refractivity contribution is 6.06. The predicted molar refractivity (Wildman–Crippen MR) is 82.3 cm³/mol. The van der Waals surface area contributed by atoms with E-state index in [0.717, 1.165) is 0 Å². The van der Waals surface area contributed by atoms with E-state index in [2.05, 4.69) is 10.6 Å². The average molecular weight is 338 g/mol. The molecule has 0 heterocycles. The van der Waals surface area contributed by atoms with Crippen molar-refractivity contribution in [3.8, 4) is 0 Å². The third kappa shape index (κ3) is 4.73. The van der Waals surface area contributed by atoms with Crippen LogP contribution in [0.1, 0.15) is 20.7 Å². The number of carbonyl (C=O) groups excluding carboxylic acids is 1. The smallest absolute Gasteiger partial charge is 0.405 e. The van der Waals surface area contributed by atoms with Crippen LogP contribution in [0.25, 0.3) is 0 Å². The number of hydrogen-bond donors (Lipinski definition) is 3.